The summed E-state index contributed by atoms with van der Waals surface area (Å²) < 4.78 is 10.3. The van der Waals surface area contributed by atoms with Gasteiger partial charge in [0.05, 0.1) is 6.04 Å². The predicted octanol–water partition coefficient (Wildman–Crippen LogP) is 2.67. The molecule has 0 spiro atoms. The molecule has 200 valence electrons. The Kier molecular flexibility index (Phi) is 11.4. The molecule has 10 heteroatoms. The Hall–Kier alpha value is -4.08. The Bertz CT molecular complexity index is 1020. The SMILES string of the molecule is C[C@@H](NC(=O)OCc1ccccc1)C(=O)NCC(Cc1ccccc1)NC(=O)CNC(=O)OC(C)(C)C. The summed E-state index contributed by atoms with van der Waals surface area (Å²) in [5, 5.41) is 10.5. The van der Waals surface area contributed by atoms with Crippen LogP contribution in [0.2, 0.25) is 0 Å². The summed E-state index contributed by atoms with van der Waals surface area (Å²) in [5.74, 6) is -0.868. The summed E-state index contributed by atoms with van der Waals surface area (Å²) in [4.78, 5) is 48.9. The highest BCUT2D eigenvalue weighted by molar-refractivity contribution is 5.85. The fraction of sp³-hybridized carbons (Fsp3) is 0.407. The first-order valence-corrected chi connectivity index (χ1v) is 12.1. The van der Waals surface area contributed by atoms with Gasteiger partial charge in [0.25, 0.3) is 0 Å². The maximum Gasteiger partial charge on any atom is 0.408 e. The molecule has 10 nitrogen and oxygen atoms in total. The summed E-state index contributed by atoms with van der Waals surface area (Å²) >= 11 is 0. The molecule has 2 aromatic rings. The van der Waals surface area contributed by atoms with Crippen molar-refractivity contribution in [3.05, 3.63) is 71.8 Å². The van der Waals surface area contributed by atoms with E-state index in [0.29, 0.717) is 6.42 Å². The largest absolute Gasteiger partial charge is 0.445 e. The molecule has 1 unspecified atom stereocenters. The van der Waals surface area contributed by atoms with Crippen molar-refractivity contribution in [3.63, 3.8) is 0 Å². The van der Waals surface area contributed by atoms with Crippen LogP contribution in [-0.4, -0.2) is 54.8 Å². The van der Waals surface area contributed by atoms with Gasteiger partial charge in [0, 0.05) is 6.54 Å². The molecular formula is C27H36N4O6. The molecule has 2 rings (SSSR count). The zero-order valence-electron chi connectivity index (χ0n) is 21.7. The molecule has 4 N–H and O–H groups in total. The Morgan fingerprint density at radius 1 is 0.811 bits per heavy atom. The van der Waals surface area contributed by atoms with E-state index >= 15 is 0 Å². The highest BCUT2D eigenvalue weighted by Crippen LogP contribution is 2.06. The molecule has 0 aliphatic rings. The number of nitrogens with one attached hydrogen (secondary N) is 4. The zero-order valence-corrected chi connectivity index (χ0v) is 21.7. The highest BCUT2D eigenvalue weighted by atomic mass is 16.6. The number of carbonyl (C=O) groups excluding carboxylic acids is 4. The predicted molar refractivity (Wildman–Crippen MR) is 139 cm³/mol. The van der Waals surface area contributed by atoms with Gasteiger partial charge in [-0.3, -0.25) is 9.59 Å². The number of ether oxygens (including phenoxy) is 2. The second kappa shape index (κ2) is 14.5. The third kappa shape index (κ3) is 12.4. The van der Waals surface area contributed by atoms with Crippen molar-refractivity contribution in [2.45, 2.75) is 58.4 Å². The maximum absolute atomic E-state index is 12.6. The Morgan fingerprint density at radius 2 is 1.41 bits per heavy atom. The molecule has 4 amide bonds. The number of amides is 4. The first-order chi connectivity index (χ1) is 17.5. The van der Waals surface area contributed by atoms with Crippen molar-refractivity contribution < 1.29 is 28.7 Å². The van der Waals surface area contributed by atoms with E-state index in [1.54, 1.807) is 20.8 Å². The van der Waals surface area contributed by atoms with Gasteiger partial charge in [0.1, 0.15) is 24.8 Å². The summed E-state index contributed by atoms with van der Waals surface area (Å²) in [6.45, 7) is 6.63. The normalized spacial score (nSPS) is 12.4. The van der Waals surface area contributed by atoms with Crippen LogP contribution in [-0.2, 0) is 32.1 Å². The van der Waals surface area contributed by atoms with Crippen LogP contribution < -0.4 is 21.3 Å². The second-order valence-corrected chi connectivity index (χ2v) is 9.48. The third-order valence-corrected chi connectivity index (χ3v) is 4.95. The number of benzene rings is 2. The van der Waals surface area contributed by atoms with Crippen LogP contribution in [0.3, 0.4) is 0 Å². The molecule has 0 fully saturated rings. The van der Waals surface area contributed by atoms with Crippen LogP contribution in [0.1, 0.15) is 38.8 Å². The van der Waals surface area contributed by atoms with Crippen LogP contribution >= 0.6 is 0 Å². The smallest absolute Gasteiger partial charge is 0.408 e. The lowest BCUT2D eigenvalue weighted by Crippen LogP contribution is -2.51. The topological polar surface area (TPSA) is 135 Å². The molecule has 0 saturated heterocycles. The quantitative estimate of drug-likeness (QED) is 0.366. The minimum absolute atomic E-state index is 0.0868. The van der Waals surface area contributed by atoms with Gasteiger partial charge in [-0.05, 0) is 45.2 Å². The number of rotatable bonds is 11. The summed E-state index contributed by atoms with van der Waals surface area (Å²) in [6.07, 6.45) is -0.969. The fourth-order valence-electron chi connectivity index (χ4n) is 3.20. The van der Waals surface area contributed by atoms with E-state index in [1.807, 2.05) is 60.7 Å². The van der Waals surface area contributed by atoms with Gasteiger partial charge in [0.2, 0.25) is 11.8 Å². The standard InChI is InChI=1S/C27H36N4O6/c1-19(30-26(35)36-18-21-13-9-6-10-14-21)24(33)28-16-22(15-20-11-7-5-8-12-20)31-23(32)17-29-25(34)37-27(2,3)4/h5-14,19,22H,15-18H2,1-4H3,(H,28,33)(H,29,34)(H,30,35)(H,31,32)/t19-,22?/m1/s1. The van der Waals surface area contributed by atoms with E-state index in [0.717, 1.165) is 11.1 Å². The lowest BCUT2D eigenvalue weighted by Gasteiger charge is -2.22. The molecule has 2 aromatic carbocycles. The molecule has 37 heavy (non-hydrogen) atoms. The summed E-state index contributed by atoms with van der Waals surface area (Å²) in [5.41, 5.74) is 1.10. The molecule has 0 aliphatic heterocycles. The van der Waals surface area contributed by atoms with E-state index in [2.05, 4.69) is 21.3 Å². The minimum atomic E-state index is -0.856. The van der Waals surface area contributed by atoms with Crippen LogP contribution in [0.5, 0.6) is 0 Å². The first-order valence-electron chi connectivity index (χ1n) is 12.1. The lowest BCUT2D eigenvalue weighted by molar-refractivity contribution is -0.124. The third-order valence-electron chi connectivity index (χ3n) is 4.95. The van der Waals surface area contributed by atoms with E-state index in [4.69, 9.17) is 9.47 Å². The van der Waals surface area contributed by atoms with E-state index in [1.165, 1.54) is 6.92 Å². The average molecular weight is 513 g/mol. The van der Waals surface area contributed by atoms with Crippen molar-refractivity contribution in [2.24, 2.45) is 0 Å². The zero-order chi connectivity index (χ0) is 27.3. The first kappa shape index (κ1) is 29.2. The molecule has 0 bridgehead atoms. The lowest BCUT2D eigenvalue weighted by atomic mass is 10.1. The fourth-order valence-corrected chi connectivity index (χ4v) is 3.20. The number of hydrogen-bond acceptors (Lipinski definition) is 6. The van der Waals surface area contributed by atoms with Gasteiger partial charge < -0.3 is 30.7 Å². The van der Waals surface area contributed by atoms with Crippen molar-refractivity contribution in [1.82, 2.24) is 21.3 Å². The molecule has 0 radical (unpaired) electrons. The second-order valence-electron chi connectivity index (χ2n) is 9.48. The van der Waals surface area contributed by atoms with Crippen molar-refractivity contribution in [2.75, 3.05) is 13.1 Å². The van der Waals surface area contributed by atoms with Crippen molar-refractivity contribution >= 4 is 24.0 Å². The van der Waals surface area contributed by atoms with Gasteiger partial charge in [-0.25, -0.2) is 9.59 Å². The number of hydrogen-bond donors (Lipinski definition) is 4. The van der Waals surface area contributed by atoms with Gasteiger partial charge in [-0.2, -0.15) is 0 Å². The van der Waals surface area contributed by atoms with Crippen LogP contribution in [0.15, 0.2) is 60.7 Å². The van der Waals surface area contributed by atoms with Gasteiger partial charge >= 0.3 is 12.2 Å². The molecule has 0 saturated carbocycles. The molecule has 0 heterocycles. The van der Waals surface area contributed by atoms with Gasteiger partial charge in [0.15, 0.2) is 0 Å². The van der Waals surface area contributed by atoms with Crippen molar-refractivity contribution in [3.8, 4) is 0 Å². The molecular weight excluding hydrogens is 476 g/mol. The van der Waals surface area contributed by atoms with Crippen LogP contribution in [0.4, 0.5) is 9.59 Å². The van der Waals surface area contributed by atoms with E-state index < -0.39 is 41.7 Å². The van der Waals surface area contributed by atoms with Crippen LogP contribution in [0.25, 0.3) is 0 Å². The molecule has 2 atom stereocenters. The molecule has 0 aliphatic carbocycles. The van der Waals surface area contributed by atoms with E-state index in [-0.39, 0.29) is 19.7 Å². The van der Waals surface area contributed by atoms with Crippen molar-refractivity contribution in [1.29, 1.82) is 0 Å². The summed E-state index contributed by atoms with van der Waals surface area (Å²) in [6, 6.07) is 17.3. The highest BCUT2D eigenvalue weighted by Gasteiger charge is 2.21. The average Bonchev–Trinajstić information content (AvgIpc) is 2.85. The maximum atomic E-state index is 12.6. The Morgan fingerprint density at radius 3 is 2.00 bits per heavy atom. The minimum Gasteiger partial charge on any atom is -0.445 e. The monoisotopic (exact) mass is 512 g/mol. The van der Waals surface area contributed by atoms with E-state index in [9.17, 15) is 19.2 Å². The summed E-state index contributed by atoms with van der Waals surface area (Å²) in [7, 11) is 0. The van der Waals surface area contributed by atoms with Crippen LogP contribution in [0, 0.1) is 0 Å². The number of carbonyl (C=O) groups is 4. The Labute approximate surface area is 217 Å². The van der Waals surface area contributed by atoms with Gasteiger partial charge in [-0.15, -0.1) is 0 Å². The number of alkyl carbamates (subject to hydrolysis) is 2. The Balaban J connectivity index is 1.85. The molecule has 0 aromatic heterocycles. The van der Waals surface area contributed by atoms with Gasteiger partial charge in [-0.1, -0.05) is 60.7 Å².